The number of nitrogens with one attached hydrogen (secondary N) is 1. The monoisotopic (exact) mass is 396 g/mol. The number of amides is 3. The summed E-state index contributed by atoms with van der Waals surface area (Å²) < 4.78 is 0. The molecule has 4 rings (SSSR count). The van der Waals surface area contributed by atoms with Gasteiger partial charge in [0.1, 0.15) is 12.6 Å². The number of benzene rings is 1. The van der Waals surface area contributed by atoms with Gasteiger partial charge in [-0.25, -0.2) is 10.3 Å². The van der Waals surface area contributed by atoms with Gasteiger partial charge in [-0.3, -0.25) is 19.5 Å². The average molecular weight is 396 g/mol. The maximum atomic E-state index is 12.7. The van der Waals surface area contributed by atoms with E-state index in [4.69, 9.17) is 9.68 Å². The van der Waals surface area contributed by atoms with E-state index in [1.807, 2.05) is 48.5 Å². The second-order valence-corrected chi connectivity index (χ2v) is 7.15. The molecule has 0 radical (unpaired) electrons. The Morgan fingerprint density at radius 2 is 1.97 bits per heavy atom. The predicted molar refractivity (Wildman–Crippen MR) is 104 cm³/mol. The van der Waals surface area contributed by atoms with E-state index in [9.17, 15) is 9.59 Å². The Balaban J connectivity index is 1.26. The third kappa shape index (κ3) is 4.55. The molecule has 1 aromatic carbocycles. The number of hydrogen-bond donors (Lipinski definition) is 1. The minimum atomic E-state index is -0.543. The van der Waals surface area contributed by atoms with Gasteiger partial charge in [-0.05, 0) is 30.5 Å². The topological polar surface area (TPSA) is 84.0 Å². The Kier molecular flexibility index (Phi) is 6.02. The highest BCUT2D eigenvalue weighted by molar-refractivity contribution is 5.88. The summed E-state index contributed by atoms with van der Waals surface area (Å²) in [7, 11) is 0. The molecule has 8 nitrogen and oxygen atoms in total. The number of hydroxylamine groups is 3. The van der Waals surface area contributed by atoms with E-state index in [1.165, 1.54) is 5.06 Å². The molecule has 0 saturated carbocycles. The molecule has 2 saturated heterocycles. The van der Waals surface area contributed by atoms with Gasteiger partial charge in [0, 0.05) is 24.9 Å². The molecule has 2 unspecified atom stereocenters. The van der Waals surface area contributed by atoms with Crippen LogP contribution in [0.5, 0.6) is 0 Å². The third-order valence-electron chi connectivity index (χ3n) is 5.20. The van der Waals surface area contributed by atoms with E-state index in [2.05, 4.69) is 10.5 Å². The molecule has 3 heterocycles. The number of carbonyl (C=O) groups excluding carboxylic acids is 2. The van der Waals surface area contributed by atoms with Crippen molar-refractivity contribution in [2.24, 2.45) is 0 Å². The molecule has 1 N–H and O–H groups in total. The first-order chi connectivity index (χ1) is 14.2. The molecule has 8 heteroatoms. The summed E-state index contributed by atoms with van der Waals surface area (Å²) in [6.07, 6.45) is 3.61. The van der Waals surface area contributed by atoms with Gasteiger partial charge in [-0.2, -0.15) is 5.06 Å². The number of fused-ring (bicyclic) bond motifs is 2. The van der Waals surface area contributed by atoms with Gasteiger partial charge in [0.15, 0.2) is 0 Å². The fourth-order valence-corrected chi connectivity index (χ4v) is 3.68. The molecule has 3 amide bonds. The van der Waals surface area contributed by atoms with Crippen LogP contribution >= 0.6 is 0 Å². The van der Waals surface area contributed by atoms with Gasteiger partial charge >= 0.3 is 6.03 Å². The Morgan fingerprint density at radius 1 is 1.14 bits per heavy atom. The first-order valence-electron chi connectivity index (χ1n) is 9.80. The third-order valence-corrected chi connectivity index (χ3v) is 5.20. The van der Waals surface area contributed by atoms with Crippen molar-refractivity contribution in [2.45, 2.75) is 38.0 Å². The quantitative estimate of drug-likeness (QED) is 0.546. The Bertz CT molecular complexity index is 833. The van der Waals surface area contributed by atoms with Crippen molar-refractivity contribution in [2.75, 3.05) is 13.2 Å². The maximum absolute atomic E-state index is 12.7. The fourth-order valence-electron chi connectivity index (χ4n) is 3.68. The van der Waals surface area contributed by atoms with E-state index in [0.717, 1.165) is 11.3 Å². The Labute approximate surface area is 169 Å². The SMILES string of the molecule is O=C(NOCCc1ccccn1)C1CCC2CN1C(=O)N2OCc1ccccc1. The molecule has 2 aromatic rings. The molecular weight excluding hydrogens is 372 g/mol. The molecule has 0 spiro atoms. The number of piperidine rings is 1. The Hall–Kier alpha value is -2.97. The van der Waals surface area contributed by atoms with Crippen LogP contribution in [-0.2, 0) is 27.5 Å². The summed E-state index contributed by atoms with van der Waals surface area (Å²) in [4.78, 5) is 42.1. The number of urea groups is 1. The summed E-state index contributed by atoms with van der Waals surface area (Å²) in [6.45, 7) is 1.13. The number of rotatable bonds is 8. The molecular formula is C21H24N4O4. The van der Waals surface area contributed by atoms with Crippen LogP contribution in [0.15, 0.2) is 54.7 Å². The molecule has 1 aromatic heterocycles. The zero-order valence-corrected chi connectivity index (χ0v) is 16.1. The number of nitrogens with zero attached hydrogens (tertiary/aromatic N) is 3. The highest BCUT2D eigenvalue weighted by atomic mass is 16.7. The van der Waals surface area contributed by atoms with Crippen LogP contribution in [0.4, 0.5) is 4.79 Å². The second kappa shape index (κ2) is 9.02. The van der Waals surface area contributed by atoms with Crippen molar-refractivity contribution in [1.29, 1.82) is 0 Å². The van der Waals surface area contributed by atoms with Crippen molar-refractivity contribution in [1.82, 2.24) is 20.4 Å². The van der Waals surface area contributed by atoms with Crippen molar-refractivity contribution in [3.05, 3.63) is 66.0 Å². The predicted octanol–water partition coefficient (Wildman–Crippen LogP) is 2.07. The zero-order chi connectivity index (χ0) is 20.1. The lowest BCUT2D eigenvalue weighted by atomic mass is 10.0. The van der Waals surface area contributed by atoms with E-state index in [0.29, 0.717) is 39.0 Å². The summed E-state index contributed by atoms with van der Waals surface area (Å²) >= 11 is 0. The first-order valence-corrected chi connectivity index (χ1v) is 9.80. The van der Waals surface area contributed by atoms with E-state index in [1.54, 1.807) is 11.1 Å². The first kappa shape index (κ1) is 19.4. The van der Waals surface area contributed by atoms with Gasteiger partial charge in [0.2, 0.25) is 0 Å². The zero-order valence-electron chi connectivity index (χ0n) is 16.1. The van der Waals surface area contributed by atoms with E-state index in [-0.39, 0.29) is 18.0 Å². The number of pyridine rings is 1. The summed E-state index contributed by atoms with van der Waals surface area (Å²) in [5, 5.41) is 1.42. The van der Waals surface area contributed by atoms with Crippen LogP contribution in [0.25, 0.3) is 0 Å². The highest BCUT2D eigenvalue weighted by Gasteiger charge is 2.48. The van der Waals surface area contributed by atoms with Crippen LogP contribution in [0.2, 0.25) is 0 Å². The highest BCUT2D eigenvalue weighted by Crippen LogP contribution is 2.30. The molecule has 0 aliphatic carbocycles. The molecule has 2 aliphatic heterocycles. The van der Waals surface area contributed by atoms with Crippen molar-refractivity contribution in [3.63, 3.8) is 0 Å². The van der Waals surface area contributed by atoms with E-state index >= 15 is 0 Å². The maximum Gasteiger partial charge on any atom is 0.345 e. The lowest BCUT2D eigenvalue weighted by Gasteiger charge is -2.28. The van der Waals surface area contributed by atoms with Crippen LogP contribution in [-0.4, -0.2) is 52.1 Å². The van der Waals surface area contributed by atoms with Gasteiger partial charge in [0.25, 0.3) is 5.91 Å². The largest absolute Gasteiger partial charge is 0.345 e. The summed E-state index contributed by atoms with van der Waals surface area (Å²) in [6, 6.07) is 14.5. The molecule has 2 atom stereocenters. The Morgan fingerprint density at radius 3 is 2.76 bits per heavy atom. The second-order valence-electron chi connectivity index (χ2n) is 7.15. The molecule has 29 heavy (non-hydrogen) atoms. The number of aromatic nitrogens is 1. The van der Waals surface area contributed by atoms with Crippen LogP contribution in [0.3, 0.4) is 0 Å². The van der Waals surface area contributed by atoms with Crippen LogP contribution in [0, 0.1) is 0 Å². The standard InChI is InChI=1S/C21H24N4O4/c26-20(23-28-13-11-17-8-4-5-12-22-17)19-10-9-18-14-24(19)21(27)25(18)29-15-16-6-2-1-3-7-16/h1-8,12,18-19H,9-11,13-15H2,(H,23,26). The molecule has 152 valence electrons. The normalized spacial score (nSPS) is 20.8. The van der Waals surface area contributed by atoms with Gasteiger partial charge in [-0.1, -0.05) is 36.4 Å². The van der Waals surface area contributed by atoms with Crippen molar-refractivity contribution in [3.8, 4) is 0 Å². The fraction of sp³-hybridized carbons (Fsp3) is 0.381. The lowest BCUT2D eigenvalue weighted by molar-refractivity contribution is -0.141. The number of hydrogen-bond acceptors (Lipinski definition) is 5. The van der Waals surface area contributed by atoms with E-state index < -0.39 is 6.04 Å². The average Bonchev–Trinajstić information content (AvgIpc) is 3.00. The molecule has 2 bridgehead atoms. The van der Waals surface area contributed by atoms with Crippen LogP contribution < -0.4 is 5.48 Å². The minimum absolute atomic E-state index is 0.0275. The van der Waals surface area contributed by atoms with Crippen molar-refractivity contribution >= 4 is 11.9 Å². The summed E-state index contributed by atoms with van der Waals surface area (Å²) in [5.41, 5.74) is 4.36. The van der Waals surface area contributed by atoms with Gasteiger partial charge in [-0.15, -0.1) is 0 Å². The lowest BCUT2D eigenvalue weighted by Crippen LogP contribution is -2.49. The van der Waals surface area contributed by atoms with Crippen molar-refractivity contribution < 1.29 is 19.3 Å². The minimum Gasteiger partial charge on any atom is -0.309 e. The number of carbonyl (C=O) groups is 2. The van der Waals surface area contributed by atoms with Gasteiger partial charge in [0.05, 0.1) is 12.6 Å². The summed E-state index contributed by atoms with van der Waals surface area (Å²) in [5.74, 6) is -0.303. The van der Waals surface area contributed by atoms with Gasteiger partial charge < -0.3 is 4.90 Å². The molecule has 2 aliphatic rings. The molecule has 2 fully saturated rings. The smallest absolute Gasteiger partial charge is 0.309 e. The van der Waals surface area contributed by atoms with Crippen LogP contribution in [0.1, 0.15) is 24.1 Å².